The van der Waals surface area contributed by atoms with E-state index in [0.717, 1.165) is 11.3 Å². The quantitative estimate of drug-likeness (QED) is 0.416. The average molecular weight is 575 g/mol. The largest absolute Gasteiger partial charge is 0.491 e. The van der Waals surface area contributed by atoms with Crippen LogP contribution in [0.1, 0.15) is 22.8 Å². The number of halogens is 3. The van der Waals surface area contributed by atoms with Gasteiger partial charge in [-0.15, -0.1) is 11.3 Å². The van der Waals surface area contributed by atoms with Gasteiger partial charge in [0, 0.05) is 50.7 Å². The molecule has 9 nitrogen and oxygen atoms in total. The van der Waals surface area contributed by atoms with Crippen LogP contribution in [0.4, 0.5) is 13.2 Å². The third-order valence-corrected chi connectivity index (χ3v) is 10.2. The molecule has 0 spiro atoms. The fourth-order valence-corrected chi connectivity index (χ4v) is 7.61. The van der Waals surface area contributed by atoms with Gasteiger partial charge in [-0.05, 0) is 49.2 Å². The van der Waals surface area contributed by atoms with Crippen LogP contribution in [0.25, 0.3) is 0 Å². The Morgan fingerprint density at radius 3 is 2.45 bits per heavy atom. The molecule has 1 aromatic carbocycles. The summed E-state index contributed by atoms with van der Waals surface area (Å²) in [4.78, 5) is 29.4. The molecule has 0 unspecified atom stereocenters. The number of amides is 1. The topological polar surface area (TPSA) is 113 Å². The fraction of sp³-hybridized carbons (Fsp3) is 0.500. The van der Waals surface area contributed by atoms with Crippen LogP contribution in [0.5, 0.6) is 5.75 Å². The van der Waals surface area contributed by atoms with E-state index in [9.17, 15) is 31.2 Å². The maximum atomic E-state index is 13.6. The lowest BCUT2D eigenvalue weighted by Crippen LogP contribution is -2.53. The number of benzene rings is 1. The molecule has 0 aliphatic carbocycles. The summed E-state index contributed by atoms with van der Waals surface area (Å²) in [6.45, 7) is 2.65. The van der Waals surface area contributed by atoms with Crippen molar-refractivity contribution in [2.45, 2.75) is 29.3 Å². The second-order valence-electron chi connectivity index (χ2n) is 9.46. The number of ether oxygens (including phenoxy) is 1. The highest BCUT2D eigenvalue weighted by Gasteiger charge is 2.42. The molecule has 4 rings (SSSR count). The number of carbonyl (C=O) groups is 2. The van der Waals surface area contributed by atoms with Gasteiger partial charge in [-0.2, -0.15) is 17.5 Å². The van der Waals surface area contributed by atoms with Crippen molar-refractivity contribution < 1.29 is 35.9 Å². The van der Waals surface area contributed by atoms with Crippen LogP contribution in [0, 0.1) is 5.92 Å². The van der Waals surface area contributed by atoms with Crippen molar-refractivity contribution in [1.82, 2.24) is 14.1 Å². The number of rotatable bonds is 6. The summed E-state index contributed by atoms with van der Waals surface area (Å²) >= 11 is 1.06. The number of nitrogens with two attached hydrogens (primary N) is 1. The molecular weight excluding hydrogens is 545 g/mol. The van der Waals surface area contributed by atoms with Crippen LogP contribution in [0.2, 0.25) is 0 Å². The second kappa shape index (κ2) is 11.3. The second-order valence-corrected chi connectivity index (χ2v) is 12.8. The molecule has 14 heteroatoms. The van der Waals surface area contributed by atoms with Crippen molar-refractivity contribution in [3.05, 3.63) is 46.8 Å². The van der Waals surface area contributed by atoms with E-state index in [1.165, 1.54) is 28.6 Å². The van der Waals surface area contributed by atoms with Gasteiger partial charge in [0.05, 0.1) is 5.92 Å². The minimum atomic E-state index is -5.16. The van der Waals surface area contributed by atoms with Gasteiger partial charge >= 0.3 is 12.1 Å². The molecule has 2 aliphatic heterocycles. The molecule has 2 fully saturated rings. The molecule has 0 saturated carbocycles. The minimum Gasteiger partial charge on any atom is -0.420 e. The Morgan fingerprint density at radius 2 is 1.82 bits per heavy atom. The predicted octanol–water partition coefficient (Wildman–Crippen LogP) is 2.24. The molecule has 2 N–H and O–H groups in total. The lowest BCUT2D eigenvalue weighted by Gasteiger charge is -2.40. The van der Waals surface area contributed by atoms with Gasteiger partial charge in [0.15, 0.2) is 0 Å². The summed E-state index contributed by atoms with van der Waals surface area (Å²) in [5.74, 6) is -3.98. The summed E-state index contributed by atoms with van der Waals surface area (Å²) in [7, 11) is -2.00. The predicted molar refractivity (Wildman–Crippen MR) is 134 cm³/mol. The molecule has 0 radical (unpaired) electrons. The fourth-order valence-electron chi connectivity index (χ4n) is 4.69. The highest BCUT2D eigenvalue weighted by atomic mass is 32.2. The molecule has 3 heterocycles. The van der Waals surface area contributed by atoms with E-state index < -0.39 is 34.0 Å². The van der Waals surface area contributed by atoms with E-state index in [4.69, 9.17) is 5.73 Å². The van der Waals surface area contributed by atoms with Crippen molar-refractivity contribution >= 4 is 33.2 Å². The first kappa shape index (κ1) is 28.5. The SMILES string of the molecule is CN1CCN(C(=O)[C@H]2C[C@@H](c3cccc(OC(=O)C(F)(F)F)c3)CN(S(=O)(=O)c3ccc(CN)s3)C2)CC1. The van der Waals surface area contributed by atoms with Crippen LogP contribution < -0.4 is 10.5 Å². The molecule has 2 aromatic rings. The Bertz CT molecular complexity index is 1280. The first-order valence-electron chi connectivity index (χ1n) is 12.0. The van der Waals surface area contributed by atoms with Crippen molar-refractivity contribution in [2.24, 2.45) is 11.7 Å². The maximum absolute atomic E-state index is 13.6. The Labute approximate surface area is 223 Å². The lowest BCUT2D eigenvalue weighted by molar-refractivity contribution is -0.189. The standard InChI is InChI=1S/C24H29F3N4O5S2/c1-29-7-9-30(10-8-29)22(32)18-11-17(16-3-2-4-19(12-16)36-23(33)24(25,26)27)14-31(15-18)38(34,35)21-6-5-20(13-28)37-21/h2-6,12,17-18H,7-11,13-15,28H2,1H3/t17-,18+/m1/s1. The molecular formula is C24H29F3N4O5S2. The van der Waals surface area contributed by atoms with Gasteiger partial charge in [0.2, 0.25) is 5.91 Å². The van der Waals surface area contributed by atoms with Crippen LogP contribution in [0.15, 0.2) is 40.6 Å². The zero-order valence-electron chi connectivity index (χ0n) is 20.7. The van der Waals surface area contributed by atoms with E-state index in [0.29, 0.717) is 43.0 Å². The number of piperidine rings is 1. The third kappa shape index (κ3) is 6.37. The normalized spacial score (nSPS) is 21.9. The zero-order chi connectivity index (χ0) is 27.7. The van der Waals surface area contributed by atoms with E-state index in [2.05, 4.69) is 9.64 Å². The van der Waals surface area contributed by atoms with Crippen molar-refractivity contribution in [3.63, 3.8) is 0 Å². The van der Waals surface area contributed by atoms with Gasteiger partial charge in [-0.1, -0.05) is 12.1 Å². The number of piperazine rings is 1. The number of hydrogen-bond acceptors (Lipinski definition) is 8. The Morgan fingerprint density at radius 1 is 1.11 bits per heavy atom. The first-order chi connectivity index (χ1) is 17.9. The minimum absolute atomic E-state index is 0.0113. The maximum Gasteiger partial charge on any atom is 0.491 e. The summed E-state index contributed by atoms with van der Waals surface area (Å²) in [5, 5.41) is 0. The number of alkyl halides is 3. The van der Waals surface area contributed by atoms with E-state index >= 15 is 0 Å². The highest BCUT2D eigenvalue weighted by Crippen LogP contribution is 2.37. The van der Waals surface area contributed by atoms with Crippen LogP contribution in [0.3, 0.4) is 0 Å². The van der Waals surface area contributed by atoms with Gasteiger partial charge in [-0.3, -0.25) is 4.79 Å². The number of likely N-dealkylation sites (N-methyl/N-ethyl adjacent to an activating group) is 1. The molecule has 208 valence electrons. The zero-order valence-corrected chi connectivity index (χ0v) is 22.3. The summed E-state index contributed by atoms with van der Waals surface area (Å²) in [6.07, 6.45) is -4.86. The lowest BCUT2D eigenvalue weighted by atomic mass is 9.84. The summed E-state index contributed by atoms with van der Waals surface area (Å²) < 4.78 is 71.1. The number of hydrogen-bond donors (Lipinski definition) is 1. The third-order valence-electron chi connectivity index (χ3n) is 6.79. The highest BCUT2D eigenvalue weighted by molar-refractivity contribution is 7.91. The molecule has 0 bridgehead atoms. The Hall–Kier alpha value is -2.52. The van der Waals surface area contributed by atoms with Crippen molar-refractivity contribution in [2.75, 3.05) is 46.3 Å². The van der Waals surface area contributed by atoms with Crippen LogP contribution in [-0.2, 0) is 26.2 Å². The van der Waals surface area contributed by atoms with Gasteiger partial charge in [0.25, 0.3) is 10.0 Å². The Kier molecular flexibility index (Phi) is 8.47. The number of carbonyl (C=O) groups excluding carboxylic acids is 2. The monoisotopic (exact) mass is 574 g/mol. The summed E-state index contributed by atoms with van der Waals surface area (Å²) in [5.41, 5.74) is 6.13. The van der Waals surface area contributed by atoms with Crippen molar-refractivity contribution in [3.8, 4) is 5.75 Å². The van der Waals surface area contributed by atoms with E-state index in [1.54, 1.807) is 17.0 Å². The first-order valence-corrected chi connectivity index (χ1v) is 14.3. The van der Waals surface area contributed by atoms with Gasteiger partial charge in [-0.25, -0.2) is 13.2 Å². The average Bonchev–Trinajstić information content (AvgIpc) is 3.38. The molecule has 1 aromatic heterocycles. The Balaban J connectivity index is 1.63. The van der Waals surface area contributed by atoms with Gasteiger partial charge < -0.3 is 20.3 Å². The molecule has 2 saturated heterocycles. The summed E-state index contributed by atoms with van der Waals surface area (Å²) in [6, 6.07) is 8.70. The van der Waals surface area contributed by atoms with Gasteiger partial charge in [0.1, 0.15) is 9.96 Å². The molecule has 2 aliphatic rings. The molecule has 2 atom stereocenters. The smallest absolute Gasteiger partial charge is 0.420 e. The van der Waals surface area contributed by atoms with Crippen molar-refractivity contribution in [1.29, 1.82) is 0 Å². The van der Waals surface area contributed by atoms with Crippen LogP contribution in [-0.4, -0.2) is 86.9 Å². The number of nitrogens with zero attached hydrogens (tertiary/aromatic N) is 3. The number of thiophene rings is 1. The van der Waals surface area contributed by atoms with Crippen LogP contribution >= 0.6 is 11.3 Å². The molecule has 38 heavy (non-hydrogen) atoms. The van der Waals surface area contributed by atoms with E-state index in [-0.39, 0.29) is 35.5 Å². The number of sulfonamides is 1. The van der Waals surface area contributed by atoms with E-state index in [1.807, 2.05) is 7.05 Å². The number of esters is 1. The molecule has 1 amide bonds.